The number of carbonyl (C=O) groups excluding carboxylic acids is 2. The van der Waals surface area contributed by atoms with Gasteiger partial charge in [0.25, 0.3) is 0 Å². The van der Waals surface area contributed by atoms with Gasteiger partial charge >= 0.3 is 6.09 Å². The molecule has 10 heteroatoms. The summed E-state index contributed by atoms with van der Waals surface area (Å²) < 4.78 is 10.2. The van der Waals surface area contributed by atoms with Crippen LogP contribution in [-0.2, 0) is 14.3 Å². The van der Waals surface area contributed by atoms with Gasteiger partial charge in [0.1, 0.15) is 18.3 Å². The van der Waals surface area contributed by atoms with Crippen molar-refractivity contribution < 1.29 is 44.0 Å². The Hall–Kier alpha value is -1.46. The van der Waals surface area contributed by atoms with Crippen LogP contribution in [0.1, 0.15) is 19.8 Å². The Morgan fingerprint density at radius 1 is 1.20 bits per heavy atom. The maximum Gasteiger partial charge on any atom is 0.407 e. The van der Waals surface area contributed by atoms with Crippen LogP contribution in [0.25, 0.3) is 0 Å². The fourth-order valence-electron chi connectivity index (χ4n) is 2.68. The summed E-state index contributed by atoms with van der Waals surface area (Å²) in [6.07, 6.45) is -7.01. The predicted molar refractivity (Wildman–Crippen MR) is 82.9 cm³/mol. The average Bonchev–Trinajstić information content (AvgIpc) is 2.54. The highest BCUT2D eigenvalue weighted by Gasteiger charge is 2.50. The first-order chi connectivity index (χ1) is 11.6. The number of aliphatic hydroxyl groups excluding tert-OH is 3. The molecule has 0 unspecified atom stereocenters. The van der Waals surface area contributed by atoms with E-state index in [1.807, 2.05) is 6.92 Å². The summed E-state index contributed by atoms with van der Waals surface area (Å²) in [5.41, 5.74) is 0. The van der Waals surface area contributed by atoms with E-state index in [0.717, 1.165) is 6.42 Å². The van der Waals surface area contributed by atoms with Crippen molar-refractivity contribution >= 4 is 12.1 Å². The number of alkyl carbamates (subject to hydrolysis) is 1. The van der Waals surface area contributed by atoms with Crippen LogP contribution in [0, 0.1) is 0 Å². The number of aliphatic carboxylic acids is 1. The zero-order valence-electron chi connectivity index (χ0n) is 14.8. The van der Waals surface area contributed by atoms with Gasteiger partial charge in [0.15, 0.2) is 6.10 Å². The monoisotopic (exact) mass is 364 g/mol. The van der Waals surface area contributed by atoms with Crippen LogP contribution in [-0.4, -0.2) is 96.3 Å². The number of hydrogen-bond donors (Lipinski definition) is 4. The Labute approximate surface area is 146 Å². The summed E-state index contributed by atoms with van der Waals surface area (Å²) in [5, 5.41) is 43.3. The van der Waals surface area contributed by atoms with E-state index in [1.165, 1.54) is 0 Å². The van der Waals surface area contributed by atoms with Crippen molar-refractivity contribution in [2.75, 3.05) is 33.8 Å². The Bertz CT molecular complexity index is 459. The lowest BCUT2D eigenvalue weighted by Crippen LogP contribution is -2.69. The van der Waals surface area contributed by atoms with E-state index in [9.17, 15) is 30.0 Å². The second kappa shape index (κ2) is 9.30. The Morgan fingerprint density at radius 3 is 2.40 bits per heavy atom. The largest absolute Gasteiger partial charge is 0.547 e. The summed E-state index contributed by atoms with van der Waals surface area (Å²) in [6.45, 7) is 2.94. The summed E-state index contributed by atoms with van der Waals surface area (Å²) in [5.74, 6) is -1.66. The molecule has 1 aliphatic heterocycles. The summed E-state index contributed by atoms with van der Waals surface area (Å²) in [4.78, 5) is 22.4. The average molecular weight is 364 g/mol. The van der Waals surface area contributed by atoms with Crippen molar-refractivity contribution in [3.05, 3.63) is 0 Å². The lowest BCUT2D eigenvalue weighted by molar-refractivity contribution is -0.944. The molecule has 1 aliphatic rings. The molecule has 0 aromatic heterocycles. The van der Waals surface area contributed by atoms with Gasteiger partial charge in [-0.3, -0.25) is 0 Å². The molecule has 1 rings (SSSR count). The van der Waals surface area contributed by atoms with Crippen molar-refractivity contribution in [1.82, 2.24) is 5.32 Å². The van der Waals surface area contributed by atoms with Crippen LogP contribution in [0.2, 0.25) is 0 Å². The van der Waals surface area contributed by atoms with Gasteiger partial charge in [-0.05, 0) is 6.42 Å². The minimum Gasteiger partial charge on any atom is -0.547 e. The maximum atomic E-state index is 11.3. The van der Waals surface area contributed by atoms with E-state index in [4.69, 9.17) is 9.47 Å². The molecule has 1 amide bonds. The number of rotatable bonds is 8. The third-order valence-electron chi connectivity index (χ3n) is 4.13. The highest BCUT2D eigenvalue weighted by molar-refractivity contribution is 5.71. The van der Waals surface area contributed by atoms with Gasteiger partial charge in [0.05, 0.1) is 33.2 Å². The molecule has 146 valence electrons. The van der Waals surface area contributed by atoms with Gasteiger partial charge < -0.3 is 44.5 Å². The lowest BCUT2D eigenvalue weighted by Gasteiger charge is -2.47. The molecule has 0 radical (unpaired) electrons. The number of hydrogen-bond acceptors (Lipinski definition) is 8. The van der Waals surface area contributed by atoms with E-state index in [2.05, 4.69) is 5.32 Å². The Balaban J connectivity index is 2.58. The predicted octanol–water partition coefficient (Wildman–Crippen LogP) is -2.85. The first kappa shape index (κ1) is 21.6. The van der Waals surface area contributed by atoms with Crippen LogP contribution in [0.5, 0.6) is 0 Å². The zero-order chi connectivity index (χ0) is 19.2. The topological polar surface area (TPSA) is 148 Å². The standard InChI is InChI=1S/C15H28N2O8/c1-4-8-24-15(23)16-6-5-7-17(2,3)13-11(20)9(18)10(19)12(25-13)14(21)22/h9-13,18-20H,4-8H2,1-3H3,(H-,16,21,22,23)/t9-,10-,11+,12-,13+/m0/s1. The highest BCUT2D eigenvalue weighted by atomic mass is 16.6. The van der Waals surface area contributed by atoms with Crippen LogP contribution in [0.3, 0.4) is 0 Å². The number of carboxylic acids is 1. The number of amides is 1. The molecular formula is C15H28N2O8. The van der Waals surface area contributed by atoms with Gasteiger partial charge in [-0.15, -0.1) is 0 Å². The summed E-state index contributed by atoms with van der Waals surface area (Å²) in [7, 11) is 3.36. The molecule has 0 aromatic rings. The second-order valence-electron chi connectivity index (χ2n) is 6.66. The molecule has 0 spiro atoms. The zero-order valence-corrected chi connectivity index (χ0v) is 14.8. The van der Waals surface area contributed by atoms with E-state index in [0.29, 0.717) is 26.1 Å². The number of aliphatic hydroxyl groups is 3. The van der Waals surface area contributed by atoms with Gasteiger partial charge in [-0.25, -0.2) is 4.79 Å². The molecule has 5 atom stereocenters. The number of carbonyl (C=O) groups is 2. The third-order valence-corrected chi connectivity index (χ3v) is 4.13. The number of likely N-dealkylation sites (N-methyl/N-ethyl adjacent to an activating group) is 1. The lowest BCUT2D eigenvalue weighted by atomic mass is 9.96. The van der Waals surface area contributed by atoms with Crippen molar-refractivity contribution in [1.29, 1.82) is 0 Å². The highest BCUT2D eigenvalue weighted by Crippen LogP contribution is 2.26. The van der Waals surface area contributed by atoms with Gasteiger partial charge in [0.2, 0.25) is 6.23 Å². The molecule has 4 N–H and O–H groups in total. The van der Waals surface area contributed by atoms with Gasteiger partial charge in [-0.2, -0.15) is 0 Å². The molecule has 0 aliphatic carbocycles. The van der Waals surface area contributed by atoms with Crippen molar-refractivity contribution in [2.24, 2.45) is 0 Å². The minimum atomic E-state index is -1.77. The molecular weight excluding hydrogens is 336 g/mol. The van der Waals surface area contributed by atoms with Crippen molar-refractivity contribution in [2.45, 2.75) is 50.4 Å². The van der Waals surface area contributed by atoms with Crippen LogP contribution in [0.15, 0.2) is 0 Å². The molecule has 25 heavy (non-hydrogen) atoms. The van der Waals surface area contributed by atoms with Crippen LogP contribution in [0.4, 0.5) is 4.79 Å². The quantitative estimate of drug-likeness (QED) is 0.266. The molecule has 0 bridgehead atoms. The third kappa shape index (κ3) is 5.79. The Kier molecular flexibility index (Phi) is 8.03. The number of carboxylic acid groups (broad SMARTS) is 1. The Morgan fingerprint density at radius 2 is 1.84 bits per heavy atom. The van der Waals surface area contributed by atoms with E-state index < -0.39 is 42.7 Å². The number of ether oxygens (including phenoxy) is 2. The van der Waals surface area contributed by atoms with Crippen molar-refractivity contribution in [3.8, 4) is 0 Å². The number of nitrogens with one attached hydrogen (secondary N) is 1. The molecule has 0 aromatic carbocycles. The van der Waals surface area contributed by atoms with E-state index in [-0.39, 0.29) is 4.48 Å². The maximum absolute atomic E-state index is 11.3. The van der Waals surface area contributed by atoms with Gasteiger partial charge in [-0.1, -0.05) is 6.92 Å². The van der Waals surface area contributed by atoms with E-state index >= 15 is 0 Å². The first-order valence-electron chi connectivity index (χ1n) is 8.25. The molecule has 10 nitrogen and oxygen atoms in total. The number of quaternary nitrogens is 1. The fourth-order valence-corrected chi connectivity index (χ4v) is 2.68. The van der Waals surface area contributed by atoms with Crippen LogP contribution < -0.4 is 10.4 Å². The molecule has 1 heterocycles. The summed E-state index contributed by atoms with van der Waals surface area (Å²) in [6, 6.07) is 0. The number of nitrogens with zero attached hydrogens (tertiary/aromatic N) is 1. The van der Waals surface area contributed by atoms with E-state index in [1.54, 1.807) is 14.1 Å². The SMILES string of the molecule is CCCOC(=O)NCCC[N+](C)(C)[C@@H]1O[C@H](C(=O)[O-])[C@@H](O)[C@H](O)[C@H]1O. The second-order valence-corrected chi connectivity index (χ2v) is 6.66. The van der Waals surface area contributed by atoms with Crippen molar-refractivity contribution in [3.63, 3.8) is 0 Å². The fraction of sp³-hybridized carbons (Fsp3) is 0.867. The molecule has 1 saturated heterocycles. The summed E-state index contributed by atoms with van der Waals surface area (Å²) >= 11 is 0. The minimum absolute atomic E-state index is 0.0143. The molecule has 1 fully saturated rings. The normalized spacial score (nSPS) is 29.9. The van der Waals surface area contributed by atoms with Gasteiger partial charge in [0, 0.05) is 13.0 Å². The van der Waals surface area contributed by atoms with Crippen LogP contribution >= 0.6 is 0 Å². The first-order valence-corrected chi connectivity index (χ1v) is 8.25. The smallest absolute Gasteiger partial charge is 0.407 e. The molecule has 0 saturated carbocycles.